The summed E-state index contributed by atoms with van der Waals surface area (Å²) in [7, 11) is 0. The van der Waals surface area contributed by atoms with Crippen LogP contribution in [0.1, 0.15) is 10.4 Å². The second-order valence-corrected chi connectivity index (χ2v) is 3.32. The van der Waals surface area contributed by atoms with Gasteiger partial charge in [-0.05, 0) is 12.1 Å². The van der Waals surface area contributed by atoms with Gasteiger partial charge < -0.3 is 9.67 Å². The zero-order chi connectivity index (χ0) is 10.8. The third-order valence-corrected chi connectivity index (χ3v) is 2.28. The molecular weight excluding hydrogens is 216 g/mol. The largest absolute Gasteiger partial charge is 0.478 e. The fourth-order valence-corrected chi connectivity index (χ4v) is 1.61. The molecule has 15 heavy (non-hydrogen) atoms. The summed E-state index contributed by atoms with van der Waals surface area (Å²) in [6.45, 7) is 0. The van der Waals surface area contributed by atoms with E-state index >= 15 is 0 Å². The third-order valence-electron chi connectivity index (χ3n) is 1.98. The number of benzene rings is 1. The van der Waals surface area contributed by atoms with Crippen molar-refractivity contribution < 1.29 is 9.90 Å². The number of hydrogen-bond donors (Lipinski definition) is 1. The number of aromatic carboxylic acids is 1. The van der Waals surface area contributed by atoms with Gasteiger partial charge in [0.2, 0.25) is 0 Å². The van der Waals surface area contributed by atoms with Crippen molar-refractivity contribution in [2.24, 2.45) is 0 Å². The Bertz CT molecular complexity index is 494. The number of carboxylic acid groups (broad SMARTS) is 1. The first-order valence-corrected chi connectivity index (χ1v) is 4.58. The molecule has 1 heterocycles. The topological polar surface area (TPSA) is 55.1 Å². The molecule has 5 heteroatoms. The number of para-hydroxylation sites is 1. The maximum absolute atomic E-state index is 11.0. The van der Waals surface area contributed by atoms with Crippen molar-refractivity contribution in [3.8, 4) is 5.69 Å². The quantitative estimate of drug-likeness (QED) is 0.848. The van der Waals surface area contributed by atoms with Crippen LogP contribution in [0.3, 0.4) is 0 Å². The van der Waals surface area contributed by atoms with E-state index in [1.54, 1.807) is 29.1 Å². The number of carboxylic acids is 1. The van der Waals surface area contributed by atoms with Crippen molar-refractivity contribution in [3.05, 3.63) is 47.5 Å². The number of nitrogens with zero attached hydrogens (tertiary/aromatic N) is 2. The van der Waals surface area contributed by atoms with Crippen LogP contribution < -0.4 is 0 Å². The van der Waals surface area contributed by atoms with Gasteiger partial charge in [-0.15, -0.1) is 0 Å². The van der Waals surface area contributed by atoms with Crippen LogP contribution >= 0.6 is 11.6 Å². The predicted octanol–water partition coefficient (Wildman–Crippen LogP) is 2.22. The van der Waals surface area contributed by atoms with Gasteiger partial charge in [0, 0.05) is 12.4 Å². The Hall–Kier alpha value is -1.81. The molecule has 4 nitrogen and oxygen atoms in total. The third kappa shape index (κ3) is 1.71. The summed E-state index contributed by atoms with van der Waals surface area (Å²) in [4.78, 5) is 14.8. The van der Waals surface area contributed by atoms with Crippen LogP contribution in [-0.2, 0) is 0 Å². The van der Waals surface area contributed by atoms with Crippen molar-refractivity contribution in [3.63, 3.8) is 0 Å². The number of halogens is 1. The summed E-state index contributed by atoms with van der Waals surface area (Å²) in [5, 5.41) is 9.38. The van der Waals surface area contributed by atoms with Crippen molar-refractivity contribution in [2.45, 2.75) is 0 Å². The van der Waals surface area contributed by atoms with Gasteiger partial charge in [-0.3, -0.25) is 0 Å². The normalized spacial score (nSPS) is 10.2. The van der Waals surface area contributed by atoms with Crippen molar-refractivity contribution in [1.82, 2.24) is 9.55 Å². The van der Waals surface area contributed by atoms with E-state index in [0.717, 1.165) is 0 Å². The molecule has 76 valence electrons. The molecule has 0 spiro atoms. The van der Waals surface area contributed by atoms with Crippen LogP contribution in [-0.4, -0.2) is 20.6 Å². The number of aromatic nitrogens is 2. The highest BCUT2D eigenvalue weighted by Gasteiger charge is 2.13. The summed E-state index contributed by atoms with van der Waals surface area (Å²) in [5.41, 5.74) is 0.588. The molecule has 2 rings (SSSR count). The maximum atomic E-state index is 11.0. The maximum Gasteiger partial charge on any atom is 0.337 e. The van der Waals surface area contributed by atoms with E-state index in [4.69, 9.17) is 16.7 Å². The monoisotopic (exact) mass is 222 g/mol. The Balaban J connectivity index is 2.68. The SMILES string of the molecule is O=C(O)c1cccc(Cl)c1-n1ccnc1. The van der Waals surface area contributed by atoms with Gasteiger partial charge in [-0.25, -0.2) is 9.78 Å². The lowest BCUT2D eigenvalue weighted by Crippen LogP contribution is -2.04. The first kappa shape index (κ1) is 9.73. The van der Waals surface area contributed by atoms with Crippen molar-refractivity contribution >= 4 is 17.6 Å². The van der Waals surface area contributed by atoms with Crippen LogP contribution in [0.25, 0.3) is 5.69 Å². The minimum atomic E-state index is -1.01. The highest BCUT2D eigenvalue weighted by atomic mass is 35.5. The van der Waals surface area contributed by atoms with E-state index in [1.807, 2.05) is 0 Å². The predicted molar refractivity (Wildman–Crippen MR) is 55.5 cm³/mol. The van der Waals surface area contributed by atoms with Crippen LogP contribution in [0.15, 0.2) is 36.9 Å². The molecule has 0 aliphatic heterocycles. The van der Waals surface area contributed by atoms with Crippen molar-refractivity contribution in [1.29, 1.82) is 0 Å². The number of carbonyl (C=O) groups is 1. The van der Waals surface area contributed by atoms with Crippen LogP contribution in [0.2, 0.25) is 5.02 Å². The van der Waals surface area contributed by atoms with Crippen LogP contribution in [0.5, 0.6) is 0 Å². The van der Waals surface area contributed by atoms with Crippen LogP contribution in [0.4, 0.5) is 0 Å². The average Bonchev–Trinajstić information content (AvgIpc) is 2.70. The Kier molecular flexibility index (Phi) is 2.43. The molecule has 1 aromatic heterocycles. The Morgan fingerprint density at radius 1 is 1.47 bits per heavy atom. The summed E-state index contributed by atoms with van der Waals surface area (Å²) in [5.74, 6) is -1.01. The summed E-state index contributed by atoms with van der Waals surface area (Å²) < 4.78 is 1.58. The minimum absolute atomic E-state index is 0.153. The molecule has 0 radical (unpaired) electrons. The molecule has 0 aliphatic rings. The van der Waals surface area contributed by atoms with E-state index in [0.29, 0.717) is 10.7 Å². The van der Waals surface area contributed by atoms with Gasteiger partial charge in [0.05, 0.1) is 22.6 Å². The van der Waals surface area contributed by atoms with Gasteiger partial charge >= 0.3 is 5.97 Å². The molecule has 0 saturated carbocycles. The van der Waals surface area contributed by atoms with Gasteiger partial charge in [-0.1, -0.05) is 17.7 Å². The lowest BCUT2D eigenvalue weighted by atomic mass is 10.2. The number of hydrogen-bond acceptors (Lipinski definition) is 2. The standard InChI is InChI=1S/C10H7ClN2O2/c11-8-3-1-2-7(10(14)15)9(8)13-5-4-12-6-13/h1-6H,(H,14,15). The van der Waals surface area contributed by atoms with Crippen molar-refractivity contribution in [2.75, 3.05) is 0 Å². The van der Waals surface area contributed by atoms with Gasteiger partial charge in [-0.2, -0.15) is 0 Å². The summed E-state index contributed by atoms with van der Waals surface area (Å²) in [6, 6.07) is 4.75. The highest BCUT2D eigenvalue weighted by molar-refractivity contribution is 6.33. The minimum Gasteiger partial charge on any atom is -0.478 e. The lowest BCUT2D eigenvalue weighted by Gasteiger charge is -2.08. The smallest absolute Gasteiger partial charge is 0.337 e. The number of rotatable bonds is 2. The van der Waals surface area contributed by atoms with Gasteiger partial charge in [0.1, 0.15) is 0 Å². The zero-order valence-electron chi connectivity index (χ0n) is 7.59. The Morgan fingerprint density at radius 3 is 2.87 bits per heavy atom. The second kappa shape index (κ2) is 3.74. The summed E-state index contributed by atoms with van der Waals surface area (Å²) >= 11 is 5.95. The fourth-order valence-electron chi connectivity index (χ4n) is 1.34. The molecule has 0 amide bonds. The molecule has 1 N–H and O–H groups in total. The molecule has 0 saturated heterocycles. The molecule has 2 aromatic rings. The molecule has 0 unspecified atom stereocenters. The Labute approximate surface area is 90.8 Å². The lowest BCUT2D eigenvalue weighted by molar-refractivity contribution is 0.0697. The first-order chi connectivity index (χ1) is 7.20. The number of imidazole rings is 1. The molecule has 0 atom stereocenters. The average molecular weight is 223 g/mol. The van der Waals surface area contributed by atoms with Crippen LogP contribution in [0, 0.1) is 0 Å². The first-order valence-electron chi connectivity index (χ1n) is 4.20. The highest BCUT2D eigenvalue weighted by Crippen LogP contribution is 2.24. The van der Waals surface area contributed by atoms with E-state index in [2.05, 4.69) is 4.98 Å². The van der Waals surface area contributed by atoms with E-state index in [9.17, 15) is 4.79 Å². The van der Waals surface area contributed by atoms with E-state index in [-0.39, 0.29) is 5.56 Å². The van der Waals surface area contributed by atoms with E-state index in [1.165, 1.54) is 12.4 Å². The fraction of sp³-hybridized carbons (Fsp3) is 0. The molecular formula is C10H7ClN2O2. The second-order valence-electron chi connectivity index (χ2n) is 2.91. The molecule has 0 aliphatic carbocycles. The van der Waals surface area contributed by atoms with E-state index < -0.39 is 5.97 Å². The summed E-state index contributed by atoms with van der Waals surface area (Å²) in [6.07, 6.45) is 4.72. The van der Waals surface area contributed by atoms with Gasteiger partial charge in [0.25, 0.3) is 0 Å². The molecule has 0 fully saturated rings. The zero-order valence-corrected chi connectivity index (χ0v) is 8.35. The molecule has 1 aromatic carbocycles. The molecule has 0 bridgehead atoms. The van der Waals surface area contributed by atoms with Gasteiger partial charge in [0.15, 0.2) is 0 Å². The Morgan fingerprint density at radius 2 is 2.27 bits per heavy atom.